The molecule has 0 aromatic carbocycles. The Bertz CT molecular complexity index is 409. The summed E-state index contributed by atoms with van der Waals surface area (Å²) in [5.41, 5.74) is 0.886. The SMILES string of the molecule is CC(=O)SCCC#Cc1cncc(Br)c1. The Morgan fingerprint density at radius 1 is 1.60 bits per heavy atom. The summed E-state index contributed by atoms with van der Waals surface area (Å²) in [6, 6.07) is 1.91. The summed E-state index contributed by atoms with van der Waals surface area (Å²) in [5.74, 6) is 6.75. The van der Waals surface area contributed by atoms with Crippen molar-refractivity contribution >= 4 is 32.8 Å². The van der Waals surface area contributed by atoms with Crippen molar-refractivity contribution in [1.82, 2.24) is 4.98 Å². The summed E-state index contributed by atoms with van der Waals surface area (Å²) in [7, 11) is 0. The lowest BCUT2D eigenvalue weighted by atomic mass is 10.3. The lowest BCUT2D eigenvalue weighted by molar-refractivity contribution is -0.109. The zero-order valence-corrected chi connectivity index (χ0v) is 10.7. The molecule has 0 amide bonds. The summed E-state index contributed by atoms with van der Waals surface area (Å²) in [4.78, 5) is 14.6. The van der Waals surface area contributed by atoms with Gasteiger partial charge in [-0.25, -0.2) is 0 Å². The minimum absolute atomic E-state index is 0.140. The van der Waals surface area contributed by atoms with E-state index >= 15 is 0 Å². The third-order valence-corrected chi connectivity index (χ3v) is 2.72. The summed E-state index contributed by atoms with van der Waals surface area (Å²) >= 11 is 4.63. The van der Waals surface area contributed by atoms with Crippen LogP contribution >= 0.6 is 27.7 Å². The third-order valence-electron chi connectivity index (χ3n) is 1.47. The predicted octanol–water partition coefficient (Wildman–Crippen LogP) is 2.87. The van der Waals surface area contributed by atoms with Gasteiger partial charge in [0.15, 0.2) is 5.12 Å². The number of carbonyl (C=O) groups excluding carboxylic acids is 1. The van der Waals surface area contributed by atoms with E-state index in [1.165, 1.54) is 11.8 Å². The fraction of sp³-hybridized carbons (Fsp3) is 0.273. The maximum atomic E-state index is 10.6. The van der Waals surface area contributed by atoms with E-state index in [0.717, 1.165) is 22.2 Å². The van der Waals surface area contributed by atoms with Crippen LogP contribution in [0.1, 0.15) is 18.9 Å². The molecule has 0 saturated heterocycles. The predicted molar refractivity (Wildman–Crippen MR) is 66.6 cm³/mol. The van der Waals surface area contributed by atoms with Gasteiger partial charge in [-0.3, -0.25) is 9.78 Å². The van der Waals surface area contributed by atoms with E-state index in [0.29, 0.717) is 0 Å². The van der Waals surface area contributed by atoms with Crippen molar-refractivity contribution < 1.29 is 4.79 Å². The molecule has 0 radical (unpaired) electrons. The number of nitrogens with zero attached hydrogens (tertiary/aromatic N) is 1. The van der Waals surface area contributed by atoms with E-state index in [9.17, 15) is 4.79 Å². The average Bonchev–Trinajstić information content (AvgIpc) is 2.17. The first-order valence-corrected chi connectivity index (χ1v) is 6.19. The van der Waals surface area contributed by atoms with Crippen molar-refractivity contribution in [1.29, 1.82) is 0 Å². The first-order chi connectivity index (χ1) is 7.18. The number of aromatic nitrogens is 1. The van der Waals surface area contributed by atoms with Crippen molar-refractivity contribution in [3.8, 4) is 11.8 Å². The highest BCUT2D eigenvalue weighted by molar-refractivity contribution is 9.10. The Balaban J connectivity index is 2.41. The second kappa shape index (κ2) is 6.65. The molecule has 0 saturated carbocycles. The molecule has 0 fully saturated rings. The van der Waals surface area contributed by atoms with Gasteiger partial charge in [0.1, 0.15) is 0 Å². The Labute approximate surface area is 102 Å². The zero-order chi connectivity index (χ0) is 11.1. The maximum Gasteiger partial charge on any atom is 0.185 e. The molecule has 0 atom stereocenters. The minimum Gasteiger partial charge on any atom is -0.288 e. The molecule has 0 N–H and O–H groups in total. The highest BCUT2D eigenvalue weighted by Gasteiger charge is 1.91. The van der Waals surface area contributed by atoms with Crippen LogP contribution in [-0.2, 0) is 4.79 Å². The molecule has 0 bridgehead atoms. The van der Waals surface area contributed by atoms with Crippen LogP contribution in [0, 0.1) is 11.8 Å². The van der Waals surface area contributed by atoms with Gasteiger partial charge in [0, 0.05) is 41.5 Å². The molecule has 0 unspecified atom stereocenters. The van der Waals surface area contributed by atoms with Crippen LogP contribution in [0.3, 0.4) is 0 Å². The molecule has 78 valence electrons. The Kier molecular flexibility index (Phi) is 5.44. The molecule has 1 aromatic heterocycles. The molecule has 1 rings (SSSR count). The molecule has 0 aliphatic rings. The number of hydrogen-bond donors (Lipinski definition) is 0. The molecular formula is C11H10BrNOS. The van der Waals surface area contributed by atoms with Crippen LogP contribution in [0.5, 0.6) is 0 Å². The summed E-state index contributed by atoms with van der Waals surface area (Å²) < 4.78 is 0.924. The average molecular weight is 284 g/mol. The maximum absolute atomic E-state index is 10.6. The van der Waals surface area contributed by atoms with E-state index in [4.69, 9.17) is 0 Å². The van der Waals surface area contributed by atoms with Gasteiger partial charge in [-0.05, 0) is 22.0 Å². The second-order valence-electron chi connectivity index (χ2n) is 2.78. The number of thioether (sulfide) groups is 1. The van der Waals surface area contributed by atoms with Crippen molar-refractivity contribution in [2.24, 2.45) is 0 Å². The van der Waals surface area contributed by atoms with Gasteiger partial charge in [0.05, 0.1) is 0 Å². The van der Waals surface area contributed by atoms with Crippen molar-refractivity contribution in [3.63, 3.8) is 0 Å². The fourth-order valence-electron chi connectivity index (χ4n) is 0.891. The lowest BCUT2D eigenvalue weighted by Gasteiger charge is -1.91. The van der Waals surface area contributed by atoms with Gasteiger partial charge in [-0.1, -0.05) is 23.6 Å². The van der Waals surface area contributed by atoms with E-state index in [1.54, 1.807) is 19.3 Å². The van der Waals surface area contributed by atoms with Crippen molar-refractivity contribution in [3.05, 3.63) is 28.5 Å². The second-order valence-corrected chi connectivity index (χ2v) is 4.97. The third kappa shape index (κ3) is 5.60. The molecule has 1 heterocycles. The molecule has 1 aromatic rings. The standard InChI is InChI=1S/C11H10BrNOS/c1-9(14)15-5-3-2-4-10-6-11(12)8-13-7-10/h6-8H,3,5H2,1H3. The summed E-state index contributed by atoms with van der Waals surface area (Å²) in [6.45, 7) is 1.57. The monoisotopic (exact) mass is 283 g/mol. The van der Waals surface area contributed by atoms with Crippen LogP contribution in [0.25, 0.3) is 0 Å². The molecule has 0 aliphatic carbocycles. The Morgan fingerprint density at radius 2 is 2.40 bits per heavy atom. The highest BCUT2D eigenvalue weighted by atomic mass is 79.9. The van der Waals surface area contributed by atoms with Gasteiger partial charge in [0.2, 0.25) is 0 Å². The molecule has 0 aliphatic heterocycles. The number of halogens is 1. The zero-order valence-electron chi connectivity index (χ0n) is 8.29. The highest BCUT2D eigenvalue weighted by Crippen LogP contribution is 2.08. The van der Waals surface area contributed by atoms with Crippen LogP contribution in [0.2, 0.25) is 0 Å². The van der Waals surface area contributed by atoms with E-state index < -0.39 is 0 Å². The van der Waals surface area contributed by atoms with Gasteiger partial charge >= 0.3 is 0 Å². The molecule has 0 spiro atoms. The summed E-state index contributed by atoms with van der Waals surface area (Å²) in [5, 5.41) is 0.140. The van der Waals surface area contributed by atoms with Crippen molar-refractivity contribution in [2.45, 2.75) is 13.3 Å². The van der Waals surface area contributed by atoms with Crippen LogP contribution < -0.4 is 0 Å². The number of rotatable bonds is 2. The van der Waals surface area contributed by atoms with E-state index in [1.807, 2.05) is 6.07 Å². The Hall–Kier alpha value is -0.790. The van der Waals surface area contributed by atoms with Gasteiger partial charge in [0.25, 0.3) is 0 Å². The first-order valence-electron chi connectivity index (χ1n) is 4.41. The largest absolute Gasteiger partial charge is 0.288 e. The molecule has 4 heteroatoms. The minimum atomic E-state index is 0.140. The number of hydrogen-bond acceptors (Lipinski definition) is 3. The molecule has 15 heavy (non-hydrogen) atoms. The van der Waals surface area contributed by atoms with Gasteiger partial charge < -0.3 is 0 Å². The van der Waals surface area contributed by atoms with Crippen LogP contribution in [0.4, 0.5) is 0 Å². The number of pyridine rings is 1. The normalized spacial score (nSPS) is 9.20. The molecule has 2 nitrogen and oxygen atoms in total. The fourth-order valence-corrected chi connectivity index (χ4v) is 1.75. The molecular weight excluding hydrogens is 274 g/mol. The quantitative estimate of drug-likeness (QED) is 0.618. The lowest BCUT2D eigenvalue weighted by Crippen LogP contribution is -1.84. The van der Waals surface area contributed by atoms with Gasteiger partial charge in [-0.2, -0.15) is 0 Å². The van der Waals surface area contributed by atoms with E-state index in [2.05, 4.69) is 32.8 Å². The van der Waals surface area contributed by atoms with Gasteiger partial charge in [-0.15, -0.1) is 0 Å². The smallest absolute Gasteiger partial charge is 0.185 e. The first kappa shape index (κ1) is 12.3. The topological polar surface area (TPSA) is 30.0 Å². The van der Waals surface area contributed by atoms with Crippen molar-refractivity contribution in [2.75, 3.05) is 5.75 Å². The summed E-state index contributed by atoms with van der Waals surface area (Å²) in [6.07, 6.45) is 4.16. The van der Waals surface area contributed by atoms with Crippen LogP contribution in [0.15, 0.2) is 22.9 Å². The number of carbonyl (C=O) groups is 1. The Morgan fingerprint density at radius 3 is 3.07 bits per heavy atom. The van der Waals surface area contributed by atoms with E-state index in [-0.39, 0.29) is 5.12 Å². The van der Waals surface area contributed by atoms with Crippen LogP contribution in [-0.4, -0.2) is 15.9 Å².